The minimum atomic E-state index is 0.371. The predicted octanol–water partition coefficient (Wildman–Crippen LogP) is 4.67. The number of ether oxygens (including phenoxy) is 2. The molecule has 0 unspecified atom stereocenters. The first kappa shape index (κ1) is 20.2. The summed E-state index contributed by atoms with van der Waals surface area (Å²) in [6.07, 6.45) is 0.477. The van der Waals surface area contributed by atoms with Crippen molar-refractivity contribution in [2.24, 2.45) is 0 Å². The average molecular weight is 445 g/mol. The van der Waals surface area contributed by atoms with Gasteiger partial charge in [0.05, 0.1) is 37.0 Å². The summed E-state index contributed by atoms with van der Waals surface area (Å²) in [5.41, 5.74) is 1.66. The molecule has 0 aliphatic heterocycles. The minimum absolute atomic E-state index is 0.371. The van der Waals surface area contributed by atoms with E-state index in [0.29, 0.717) is 57.2 Å². The number of thioether (sulfide) groups is 1. The van der Waals surface area contributed by atoms with Gasteiger partial charge in [0.2, 0.25) is 17.7 Å². The summed E-state index contributed by atoms with van der Waals surface area (Å²) in [7, 11) is 3.19. The Morgan fingerprint density at radius 3 is 2.50 bits per heavy atom. The molecule has 30 heavy (non-hydrogen) atoms. The van der Waals surface area contributed by atoms with Crippen molar-refractivity contribution >= 4 is 23.4 Å². The number of rotatable bonds is 8. The first-order valence-corrected chi connectivity index (χ1v) is 10.3. The van der Waals surface area contributed by atoms with Crippen molar-refractivity contribution in [1.29, 1.82) is 0 Å². The maximum absolute atomic E-state index is 6.17. The summed E-state index contributed by atoms with van der Waals surface area (Å²) in [6, 6.07) is 12.9. The number of nitrogens with zero attached hydrogens (tertiary/aromatic N) is 4. The number of hydrogen-bond acceptors (Lipinski definition) is 9. The van der Waals surface area contributed by atoms with Gasteiger partial charge in [0.15, 0.2) is 11.5 Å². The highest BCUT2D eigenvalue weighted by molar-refractivity contribution is 7.98. The van der Waals surface area contributed by atoms with Crippen molar-refractivity contribution in [2.45, 2.75) is 17.4 Å². The van der Waals surface area contributed by atoms with E-state index in [9.17, 15) is 0 Å². The maximum Gasteiger partial charge on any atom is 0.277 e. The Kier molecular flexibility index (Phi) is 6.20. The molecule has 0 fully saturated rings. The van der Waals surface area contributed by atoms with Gasteiger partial charge >= 0.3 is 0 Å². The van der Waals surface area contributed by atoms with Gasteiger partial charge in [0.25, 0.3) is 5.22 Å². The van der Waals surface area contributed by atoms with E-state index in [1.54, 1.807) is 20.3 Å². The van der Waals surface area contributed by atoms with Crippen molar-refractivity contribution in [3.63, 3.8) is 0 Å². The fraction of sp³-hybridized carbons (Fsp3) is 0.200. The Morgan fingerprint density at radius 2 is 1.70 bits per heavy atom. The third kappa shape index (κ3) is 4.58. The molecule has 0 atom stereocenters. The lowest BCUT2D eigenvalue weighted by Gasteiger charge is -2.08. The Balaban J connectivity index is 1.38. The monoisotopic (exact) mass is 444 g/mol. The SMILES string of the molecule is COc1ccc(Cc2nnc(SCc3nnc(-c4ccccc4Cl)o3)o2)cc1OC. The van der Waals surface area contributed by atoms with Gasteiger partial charge in [-0.05, 0) is 29.8 Å². The topological polar surface area (TPSA) is 96.3 Å². The molecule has 154 valence electrons. The fourth-order valence-electron chi connectivity index (χ4n) is 2.71. The number of halogens is 1. The predicted molar refractivity (Wildman–Crippen MR) is 111 cm³/mol. The molecule has 4 aromatic rings. The number of methoxy groups -OCH3 is 2. The molecule has 2 heterocycles. The molecule has 0 aliphatic carbocycles. The smallest absolute Gasteiger partial charge is 0.277 e. The van der Waals surface area contributed by atoms with Crippen LogP contribution in [0.5, 0.6) is 11.5 Å². The standard InChI is InChI=1S/C20H17ClN4O4S/c1-26-15-8-7-12(9-16(15)27-2)10-17-22-25-20(29-17)30-11-18-23-24-19(28-18)13-5-3-4-6-14(13)21/h3-9H,10-11H2,1-2H3. The molecule has 4 rings (SSSR count). The zero-order chi connectivity index (χ0) is 20.9. The van der Waals surface area contributed by atoms with Crippen LogP contribution < -0.4 is 9.47 Å². The van der Waals surface area contributed by atoms with Gasteiger partial charge in [-0.1, -0.05) is 41.6 Å². The highest BCUT2D eigenvalue weighted by Crippen LogP contribution is 2.30. The normalized spacial score (nSPS) is 10.9. The number of benzene rings is 2. The molecule has 0 spiro atoms. The van der Waals surface area contributed by atoms with Gasteiger partial charge in [-0.2, -0.15) is 0 Å². The van der Waals surface area contributed by atoms with E-state index in [2.05, 4.69) is 20.4 Å². The van der Waals surface area contributed by atoms with Crippen LogP contribution in [0.15, 0.2) is 56.5 Å². The van der Waals surface area contributed by atoms with Crippen molar-refractivity contribution in [1.82, 2.24) is 20.4 Å². The Morgan fingerprint density at radius 1 is 0.900 bits per heavy atom. The molecule has 2 aromatic carbocycles. The van der Waals surface area contributed by atoms with E-state index in [1.807, 2.05) is 36.4 Å². The lowest BCUT2D eigenvalue weighted by molar-refractivity contribution is 0.354. The Hall–Kier alpha value is -3.04. The summed E-state index contributed by atoms with van der Waals surface area (Å²) >= 11 is 7.48. The van der Waals surface area contributed by atoms with Gasteiger partial charge in [-0.25, -0.2) is 0 Å². The summed E-state index contributed by atoms with van der Waals surface area (Å²) in [4.78, 5) is 0. The lowest BCUT2D eigenvalue weighted by Crippen LogP contribution is -1.94. The van der Waals surface area contributed by atoms with Gasteiger partial charge in [-0.3, -0.25) is 0 Å². The van der Waals surface area contributed by atoms with Gasteiger partial charge in [0, 0.05) is 0 Å². The summed E-state index contributed by atoms with van der Waals surface area (Å²) < 4.78 is 22.0. The van der Waals surface area contributed by atoms with Crippen molar-refractivity contribution in [2.75, 3.05) is 14.2 Å². The zero-order valence-electron chi connectivity index (χ0n) is 16.2. The van der Waals surface area contributed by atoms with Crippen molar-refractivity contribution in [3.8, 4) is 23.0 Å². The van der Waals surface area contributed by atoms with E-state index < -0.39 is 0 Å². The summed E-state index contributed by atoms with van der Waals surface area (Å²) in [6.45, 7) is 0. The quantitative estimate of drug-likeness (QED) is 0.359. The summed E-state index contributed by atoms with van der Waals surface area (Å²) in [5, 5.41) is 17.2. The van der Waals surface area contributed by atoms with Crippen LogP contribution in [0.2, 0.25) is 5.02 Å². The van der Waals surface area contributed by atoms with Crippen LogP contribution in [-0.2, 0) is 12.2 Å². The van der Waals surface area contributed by atoms with Gasteiger partial charge in [0.1, 0.15) is 0 Å². The zero-order valence-corrected chi connectivity index (χ0v) is 17.7. The molecule has 0 amide bonds. The van der Waals surface area contributed by atoms with E-state index in [0.717, 1.165) is 5.56 Å². The molecule has 2 aromatic heterocycles. The van der Waals surface area contributed by atoms with Crippen LogP contribution >= 0.6 is 23.4 Å². The van der Waals surface area contributed by atoms with Crippen LogP contribution in [0.3, 0.4) is 0 Å². The third-order valence-corrected chi connectivity index (χ3v) is 5.27. The molecule has 0 N–H and O–H groups in total. The molecule has 0 bridgehead atoms. The molecule has 0 saturated carbocycles. The number of hydrogen-bond donors (Lipinski definition) is 0. The average Bonchev–Trinajstić information content (AvgIpc) is 3.42. The van der Waals surface area contributed by atoms with E-state index >= 15 is 0 Å². The first-order chi connectivity index (χ1) is 14.7. The Bertz CT molecular complexity index is 1150. The molecular formula is C20H17ClN4O4S. The molecule has 0 radical (unpaired) electrons. The van der Waals surface area contributed by atoms with Crippen LogP contribution in [0.4, 0.5) is 0 Å². The molecule has 8 nitrogen and oxygen atoms in total. The van der Waals surface area contributed by atoms with Crippen LogP contribution in [-0.4, -0.2) is 34.6 Å². The van der Waals surface area contributed by atoms with Crippen molar-refractivity contribution < 1.29 is 18.3 Å². The highest BCUT2D eigenvalue weighted by Gasteiger charge is 2.14. The second-order valence-electron chi connectivity index (χ2n) is 6.10. The van der Waals surface area contributed by atoms with Crippen molar-refractivity contribution in [3.05, 3.63) is 64.8 Å². The highest BCUT2D eigenvalue weighted by atomic mass is 35.5. The maximum atomic E-state index is 6.17. The molecule has 10 heteroatoms. The van der Waals surface area contributed by atoms with E-state index in [4.69, 9.17) is 29.9 Å². The van der Waals surface area contributed by atoms with Crippen LogP contribution in [0.1, 0.15) is 17.3 Å². The summed E-state index contributed by atoms with van der Waals surface area (Å²) in [5.74, 6) is 3.01. The molecule has 0 saturated heterocycles. The minimum Gasteiger partial charge on any atom is -0.493 e. The van der Waals surface area contributed by atoms with Crippen LogP contribution in [0.25, 0.3) is 11.5 Å². The fourth-order valence-corrected chi connectivity index (χ4v) is 3.55. The second-order valence-corrected chi connectivity index (χ2v) is 7.43. The van der Waals surface area contributed by atoms with E-state index in [-0.39, 0.29) is 0 Å². The first-order valence-electron chi connectivity index (χ1n) is 8.89. The molecular weight excluding hydrogens is 428 g/mol. The Labute approximate surface area is 181 Å². The molecule has 0 aliphatic rings. The van der Waals surface area contributed by atoms with Gasteiger partial charge < -0.3 is 18.3 Å². The van der Waals surface area contributed by atoms with Crippen LogP contribution in [0, 0.1) is 0 Å². The largest absolute Gasteiger partial charge is 0.493 e. The lowest BCUT2D eigenvalue weighted by atomic mass is 10.1. The van der Waals surface area contributed by atoms with E-state index in [1.165, 1.54) is 11.8 Å². The number of aromatic nitrogens is 4. The van der Waals surface area contributed by atoms with Gasteiger partial charge in [-0.15, -0.1) is 20.4 Å². The third-order valence-electron chi connectivity index (χ3n) is 4.14. The second kappa shape index (κ2) is 9.19.